The summed E-state index contributed by atoms with van der Waals surface area (Å²) in [5, 5.41) is 11.0. The molecule has 1 aromatic heterocycles. The molecule has 1 heterocycles. The Balaban J connectivity index is 2.31. The van der Waals surface area contributed by atoms with Crippen LogP contribution < -0.4 is 5.11 Å². The van der Waals surface area contributed by atoms with Crippen molar-refractivity contribution in [2.24, 2.45) is 0 Å². The number of fused-ring (bicyclic) bond motifs is 1. The standard InChI is InChI=1S/C12H11FN2O2/c13-8-5-2-6-9-10(8)14-11(12(16)17)15(9)7-3-1-4-7/h2,5-7H,1,3-4H2,(H,16,17)/p-1. The van der Waals surface area contributed by atoms with Gasteiger partial charge < -0.3 is 14.5 Å². The van der Waals surface area contributed by atoms with E-state index in [0.717, 1.165) is 19.3 Å². The normalized spacial score (nSPS) is 16.1. The summed E-state index contributed by atoms with van der Waals surface area (Å²) in [5.74, 6) is -2.02. The molecule has 1 saturated carbocycles. The predicted octanol–water partition coefficient (Wildman–Crippen LogP) is 1.26. The van der Waals surface area contributed by atoms with Gasteiger partial charge in [0.2, 0.25) is 0 Å². The molecule has 1 aliphatic rings. The number of carboxylic acid groups (broad SMARTS) is 1. The Bertz CT molecular complexity index is 602. The van der Waals surface area contributed by atoms with E-state index in [9.17, 15) is 14.3 Å². The summed E-state index contributed by atoms with van der Waals surface area (Å²) < 4.78 is 15.1. The molecule has 0 atom stereocenters. The Labute approximate surface area is 96.7 Å². The number of carbonyl (C=O) groups excluding carboxylic acids is 1. The third-order valence-electron chi connectivity index (χ3n) is 3.29. The number of aromatic carboxylic acids is 1. The SMILES string of the molecule is O=C([O-])c1nc2c(F)cccc2n1C1CCC1. The number of para-hydroxylation sites is 1. The lowest BCUT2D eigenvalue weighted by molar-refractivity contribution is -0.256. The summed E-state index contributed by atoms with van der Waals surface area (Å²) in [4.78, 5) is 14.9. The summed E-state index contributed by atoms with van der Waals surface area (Å²) in [6.45, 7) is 0. The molecule has 0 spiro atoms. The van der Waals surface area contributed by atoms with Gasteiger partial charge in [0.25, 0.3) is 0 Å². The minimum Gasteiger partial charge on any atom is -0.542 e. The second-order valence-electron chi connectivity index (χ2n) is 4.29. The van der Waals surface area contributed by atoms with E-state index >= 15 is 0 Å². The monoisotopic (exact) mass is 233 g/mol. The molecule has 17 heavy (non-hydrogen) atoms. The van der Waals surface area contributed by atoms with Crippen molar-refractivity contribution in [3.05, 3.63) is 29.8 Å². The molecule has 0 aliphatic heterocycles. The number of aromatic nitrogens is 2. The van der Waals surface area contributed by atoms with Crippen LogP contribution in [0.1, 0.15) is 35.9 Å². The van der Waals surface area contributed by atoms with E-state index in [1.165, 1.54) is 6.07 Å². The number of hydrogen-bond donors (Lipinski definition) is 0. The molecule has 2 aromatic rings. The van der Waals surface area contributed by atoms with Crippen LogP contribution in [0.3, 0.4) is 0 Å². The molecule has 0 saturated heterocycles. The molecule has 5 heteroatoms. The van der Waals surface area contributed by atoms with Gasteiger partial charge in [-0.1, -0.05) is 6.07 Å². The number of carbonyl (C=O) groups is 1. The lowest BCUT2D eigenvalue weighted by atomic mass is 9.92. The number of halogens is 1. The molecule has 0 unspecified atom stereocenters. The Kier molecular flexibility index (Phi) is 2.14. The third kappa shape index (κ3) is 1.42. The van der Waals surface area contributed by atoms with Crippen molar-refractivity contribution in [3.63, 3.8) is 0 Å². The zero-order chi connectivity index (χ0) is 12.0. The van der Waals surface area contributed by atoms with Gasteiger partial charge in [-0.2, -0.15) is 0 Å². The Hall–Kier alpha value is -1.91. The van der Waals surface area contributed by atoms with Crippen LogP contribution in [-0.2, 0) is 0 Å². The molecular weight excluding hydrogens is 223 g/mol. The highest BCUT2D eigenvalue weighted by molar-refractivity contribution is 5.89. The van der Waals surface area contributed by atoms with Crippen molar-refractivity contribution >= 4 is 17.0 Å². The lowest BCUT2D eigenvalue weighted by Crippen LogP contribution is -2.29. The highest BCUT2D eigenvalue weighted by atomic mass is 19.1. The van der Waals surface area contributed by atoms with Crippen molar-refractivity contribution in [1.29, 1.82) is 0 Å². The average Bonchev–Trinajstić information content (AvgIpc) is 2.57. The van der Waals surface area contributed by atoms with Crippen LogP contribution >= 0.6 is 0 Å². The van der Waals surface area contributed by atoms with E-state index in [0.29, 0.717) is 5.52 Å². The molecule has 1 aliphatic carbocycles. The van der Waals surface area contributed by atoms with E-state index in [1.54, 1.807) is 16.7 Å². The fourth-order valence-corrected chi connectivity index (χ4v) is 2.24. The van der Waals surface area contributed by atoms with Crippen LogP contribution in [0.2, 0.25) is 0 Å². The number of nitrogens with zero attached hydrogens (tertiary/aromatic N) is 2. The zero-order valence-electron chi connectivity index (χ0n) is 9.02. The van der Waals surface area contributed by atoms with Crippen molar-refractivity contribution in [2.75, 3.05) is 0 Å². The molecule has 0 radical (unpaired) electrons. The van der Waals surface area contributed by atoms with Crippen LogP contribution in [-0.4, -0.2) is 15.5 Å². The van der Waals surface area contributed by atoms with E-state index in [4.69, 9.17) is 0 Å². The third-order valence-corrected chi connectivity index (χ3v) is 3.29. The summed E-state index contributed by atoms with van der Waals surface area (Å²) >= 11 is 0. The highest BCUT2D eigenvalue weighted by Gasteiger charge is 2.25. The molecule has 4 nitrogen and oxygen atoms in total. The highest BCUT2D eigenvalue weighted by Crippen LogP contribution is 2.35. The zero-order valence-corrected chi connectivity index (χ0v) is 9.02. The van der Waals surface area contributed by atoms with Crippen molar-refractivity contribution in [3.8, 4) is 0 Å². The fourth-order valence-electron chi connectivity index (χ4n) is 2.24. The second kappa shape index (κ2) is 3.55. The van der Waals surface area contributed by atoms with E-state index < -0.39 is 11.8 Å². The maximum Gasteiger partial charge on any atom is 0.157 e. The molecule has 1 fully saturated rings. The first-order valence-corrected chi connectivity index (χ1v) is 5.56. The van der Waals surface area contributed by atoms with Gasteiger partial charge in [0.05, 0.1) is 5.52 Å². The Morgan fingerprint density at radius 3 is 2.82 bits per heavy atom. The van der Waals surface area contributed by atoms with Gasteiger partial charge in [0, 0.05) is 6.04 Å². The molecule has 0 N–H and O–H groups in total. The van der Waals surface area contributed by atoms with Gasteiger partial charge in [-0.25, -0.2) is 9.37 Å². The van der Waals surface area contributed by atoms with Gasteiger partial charge in [0.1, 0.15) is 11.5 Å². The molecule has 0 amide bonds. The van der Waals surface area contributed by atoms with Gasteiger partial charge in [0.15, 0.2) is 11.6 Å². The smallest absolute Gasteiger partial charge is 0.157 e. The van der Waals surface area contributed by atoms with Gasteiger partial charge in [-0.15, -0.1) is 0 Å². The van der Waals surface area contributed by atoms with Crippen molar-refractivity contribution < 1.29 is 14.3 Å². The molecule has 1 aromatic carbocycles. The number of imidazole rings is 1. The first-order valence-electron chi connectivity index (χ1n) is 5.56. The average molecular weight is 233 g/mol. The minimum atomic E-state index is -1.35. The molecule has 3 rings (SSSR count). The van der Waals surface area contributed by atoms with E-state index in [2.05, 4.69) is 4.98 Å². The minimum absolute atomic E-state index is 0.106. The van der Waals surface area contributed by atoms with Crippen LogP contribution in [0, 0.1) is 5.82 Å². The summed E-state index contributed by atoms with van der Waals surface area (Å²) in [6.07, 6.45) is 2.87. The molecule has 0 bridgehead atoms. The van der Waals surface area contributed by atoms with E-state index in [1.807, 2.05) is 0 Å². The van der Waals surface area contributed by atoms with Gasteiger partial charge in [-0.05, 0) is 31.4 Å². The van der Waals surface area contributed by atoms with Crippen molar-refractivity contribution in [2.45, 2.75) is 25.3 Å². The van der Waals surface area contributed by atoms with Gasteiger partial charge >= 0.3 is 0 Å². The maximum absolute atomic E-state index is 13.5. The Morgan fingerprint density at radius 2 is 2.24 bits per heavy atom. The van der Waals surface area contributed by atoms with Crippen LogP contribution in [0.5, 0.6) is 0 Å². The van der Waals surface area contributed by atoms with Crippen molar-refractivity contribution in [1.82, 2.24) is 9.55 Å². The molecule has 88 valence electrons. The lowest BCUT2D eigenvalue weighted by Gasteiger charge is -2.29. The second-order valence-corrected chi connectivity index (χ2v) is 4.29. The van der Waals surface area contributed by atoms with Crippen LogP contribution in [0.25, 0.3) is 11.0 Å². The summed E-state index contributed by atoms with van der Waals surface area (Å²) in [7, 11) is 0. The van der Waals surface area contributed by atoms with Crippen LogP contribution in [0.4, 0.5) is 4.39 Å². The number of rotatable bonds is 2. The topological polar surface area (TPSA) is 57.9 Å². The number of carboxylic acids is 1. The largest absolute Gasteiger partial charge is 0.542 e. The van der Waals surface area contributed by atoms with E-state index in [-0.39, 0.29) is 17.4 Å². The van der Waals surface area contributed by atoms with Crippen LogP contribution in [0.15, 0.2) is 18.2 Å². The fraction of sp³-hybridized carbons (Fsp3) is 0.333. The summed E-state index contributed by atoms with van der Waals surface area (Å²) in [5.41, 5.74) is 0.646. The van der Waals surface area contributed by atoms with Gasteiger partial charge in [-0.3, -0.25) is 0 Å². The quantitative estimate of drug-likeness (QED) is 0.784. The molecular formula is C12H10FN2O2-. The number of hydrogen-bond acceptors (Lipinski definition) is 3. The summed E-state index contributed by atoms with van der Waals surface area (Å²) in [6, 6.07) is 4.64. The Morgan fingerprint density at radius 1 is 1.47 bits per heavy atom. The number of benzene rings is 1. The first kappa shape index (κ1) is 10.3. The maximum atomic E-state index is 13.5. The first-order chi connectivity index (χ1) is 8.18. The predicted molar refractivity (Wildman–Crippen MR) is 56.9 cm³/mol.